The lowest BCUT2D eigenvalue weighted by Gasteiger charge is -2.03. The van der Waals surface area contributed by atoms with Crippen molar-refractivity contribution in [1.82, 2.24) is 4.98 Å². The van der Waals surface area contributed by atoms with Crippen LogP contribution in [0.5, 0.6) is 0 Å². The van der Waals surface area contributed by atoms with E-state index in [0.29, 0.717) is 11.3 Å². The van der Waals surface area contributed by atoms with Crippen molar-refractivity contribution in [2.24, 2.45) is 0 Å². The van der Waals surface area contributed by atoms with Gasteiger partial charge in [0.1, 0.15) is 5.56 Å². The molecule has 9 nitrogen and oxygen atoms in total. The number of nitrogens with zero attached hydrogens (tertiary/aromatic N) is 3. The number of halogens is 1. The highest BCUT2D eigenvalue weighted by molar-refractivity contribution is 7.14. The normalized spacial score (nSPS) is 10.4. The maximum atomic E-state index is 12.3. The van der Waals surface area contributed by atoms with E-state index in [0.717, 1.165) is 17.4 Å². The highest BCUT2D eigenvalue weighted by Crippen LogP contribution is 2.28. The highest BCUT2D eigenvalue weighted by atomic mass is 35.5. The van der Waals surface area contributed by atoms with Crippen molar-refractivity contribution >= 4 is 45.4 Å². The summed E-state index contributed by atoms with van der Waals surface area (Å²) in [6, 6.07) is 9.54. The molecule has 0 aliphatic heterocycles. The van der Waals surface area contributed by atoms with Gasteiger partial charge in [-0.05, 0) is 24.3 Å². The highest BCUT2D eigenvalue weighted by Gasteiger charge is 2.21. The predicted octanol–water partition coefficient (Wildman–Crippen LogP) is 4.53. The summed E-state index contributed by atoms with van der Waals surface area (Å²) >= 11 is 6.86. The van der Waals surface area contributed by atoms with Crippen LogP contribution in [-0.4, -0.2) is 20.7 Å². The van der Waals surface area contributed by atoms with E-state index in [1.165, 1.54) is 24.3 Å². The Morgan fingerprint density at radius 3 is 2.41 bits per heavy atom. The number of hydrogen-bond acceptors (Lipinski definition) is 7. The lowest BCUT2D eigenvalue weighted by atomic mass is 10.1. The predicted molar refractivity (Wildman–Crippen MR) is 100 cm³/mol. The van der Waals surface area contributed by atoms with Gasteiger partial charge in [-0.2, -0.15) is 0 Å². The Hall–Kier alpha value is -3.37. The number of rotatable bonds is 5. The van der Waals surface area contributed by atoms with Gasteiger partial charge in [-0.3, -0.25) is 30.3 Å². The van der Waals surface area contributed by atoms with Crippen LogP contribution in [0.3, 0.4) is 0 Å². The molecule has 27 heavy (non-hydrogen) atoms. The Bertz CT molecular complexity index is 1050. The number of nitro benzene ring substituents is 2. The first-order valence-electron chi connectivity index (χ1n) is 7.31. The van der Waals surface area contributed by atoms with Crippen LogP contribution in [0.15, 0.2) is 47.8 Å². The van der Waals surface area contributed by atoms with Crippen LogP contribution in [0.1, 0.15) is 10.4 Å². The zero-order valence-corrected chi connectivity index (χ0v) is 14.9. The van der Waals surface area contributed by atoms with Gasteiger partial charge >= 0.3 is 0 Å². The van der Waals surface area contributed by atoms with Gasteiger partial charge in [0.15, 0.2) is 5.13 Å². The second kappa shape index (κ2) is 7.48. The number of nitrogens with one attached hydrogen (secondary N) is 1. The first-order valence-corrected chi connectivity index (χ1v) is 8.56. The van der Waals surface area contributed by atoms with Gasteiger partial charge in [0.25, 0.3) is 17.3 Å². The summed E-state index contributed by atoms with van der Waals surface area (Å²) < 4.78 is 0. The molecule has 0 aliphatic rings. The Morgan fingerprint density at radius 1 is 1.07 bits per heavy atom. The number of anilines is 1. The van der Waals surface area contributed by atoms with Crippen molar-refractivity contribution in [2.45, 2.75) is 0 Å². The molecule has 1 aromatic heterocycles. The Labute approximate surface area is 160 Å². The molecule has 0 spiro atoms. The van der Waals surface area contributed by atoms with Gasteiger partial charge < -0.3 is 0 Å². The van der Waals surface area contributed by atoms with Crippen molar-refractivity contribution in [3.8, 4) is 11.3 Å². The molecule has 1 heterocycles. The fraction of sp³-hybridized carbons (Fsp3) is 0. The monoisotopic (exact) mass is 404 g/mol. The molecule has 2 aromatic carbocycles. The Morgan fingerprint density at radius 2 is 1.78 bits per heavy atom. The van der Waals surface area contributed by atoms with E-state index >= 15 is 0 Å². The van der Waals surface area contributed by atoms with Gasteiger partial charge in [-0.15, -0.1) is 11.3 Å². The first kappa shape index (κ1) is 18.4. The Kier molecular flexibility index (Phi) is 5.10. The van der Waals surface area contributed by atoms with Crippen molar-refractivity contribution in [2.75, 3.05) is 5.32 Å². The molecule has 3 aromatic rings. The molecular weight excluding hydrogens is 396 g/mol. The number of hydrogen-bond donors (Lipinski definition) is 1. The molecule has 0 unspecified atom stereocenters. The molecule has 11 heteroatoms. The third kappa shape index (κ3) is 4.07. The van der Waals surface area contributed by atoms with Gasteiger partial charge in [0.05, 0.1) is 15.5 Å². The standard InChI is InChI=1S/C16H9ClN4O5S/c17-10-3-6-12(14(7-10)21(25)26)15(22)19-16-18-13(8-27-16)9-1-4-11(5-2-9)20(23)24/h1-8H,(H,18,19,22). The fourth-order valence-corrected chi connectivity index (χ4v) is 3.11. The van der Waals surface area contributed by atoms with E-state index in [1.807, 2.05) is 0 Å². The van der Waals surface area contributed by atoms with E-state index in [9.17, 15) is 25.0 Å². The maximum Gasteiger partial charge on any atom is 0.283 e. The van der Waals surface area contributed by atoms with Crippen LogP contribution in [0.4, 0.5) is 16.5 Å². The summed E-state index contributed by atoms with van der Waals surface area (Å²) in [7, 11) is 0. The number of thiazole rings is 1. The van der Waals surface area contributed by atoms with Crippen LogP contribution >= 0.6 is 22.9 Å². The number of amides is 1. The maximum absolute atomic E-state index is 12.3. The van der Waals surface area contributed by atoms with Crippen molar-refractivity contribution in [3.63, 3.8) is 0 Å². The van der Waals surface area contributed by atoms with Crippen LogP contribution in [0, 0.1) is 20.2 Å². The minimum absolute atomic E-state index is 0.0439. The molecule has 0 fully saturated rings. The van der Waals surface area contributed by atoms with Crippen molar-refractivity contribution < 1.29 is 14.6 Å². The van der Waals surface area contributed by atoms with Crippen molar-refractivity contribution in [1.29, 1.82) is 0 Å². The minimum Gasteiger partial charge on any atom is -0.298 e. The van der Waals surface area contributed by atoms with Crippen LogP contribution in [0.25, 0.3) is 11.3 Å². The molecule has 0 radical (unpaired) electrons. The summed E-state index contributed by atoms with van der Waals surface area (Å²) in [5.41, 5.74) is 0.548. The first-order chi connectivity index (χ1) is 12.8. The number of carbonyl (C=O) groups is 1. The van der Waals surface area contributed by atoms with Gasteiger partial charge in [0.2, 0.25) is 0 Å². The summed E-state index contributed by atoms with van der Waals surface area (Å²) in [5, 5.41) is 26.3. The van der Waals surface area contributed by atoms with Crippen LogP contribution < -0.4 is 5.32 Å². The molecule has 3 rings (SSSR count). The molecule has 0 bridgehead atoms. The quantitative estimate of drug-likeness (QED) is 0.491. The number of non-ortho nitro benzene ring substituents is 1. The van der Waals surface area contributed by atoms with Crippen LogP contribution in [-0.2, 0) is 0 Å². The van der Waals surface area contributed by atoms with E-state index < -0.39 is 21.4 Å². The van der Waals surface area contributed by atoms with E-state index in [2.05, 4.69) is 10.3 Å². The zero-order valence-electron chi connectivity index (χ0n) is 13.3. The SMILES string of the molecule is O=C(Nc1nc(-c2ccc([N+](=O)[O-])cc2)cs1)c1ccc(Cl)cc1[N+](=O)[O-]. The molecule has 136 valence electrons. The number of aromatic nitrogens is 1. The number of nitro groups is 2. The van der Waals surface area contributed by atoms with E-state index in [1.54, 1.807) is 17.5 Å². The largest absolute Gasteiger partial charge is 0.298 e. The minimum atomic E-state index is -0.692. The number of carbonyl (C=O) groups excluding carboxylic acids is 1. The summed E-state index contributed by atoms with van der Waals surface area (Å²) in [5.74, 6) is -0.692. The summed E-state index contributed by atoms with van der Waals surface area (Å²) in [4.78, 5) is 37.2. The number of benzene rings is 2. The topological polar surface area (TPSA) is 128 Å². The Balaban J connectivity index is 1.81. The van der Waals surface area contributed by atoms with E-state index in [-0.39, 0.29) is 21.4 Å². The average Bonchev–Trinajstić information content (AvgIpc) is 3.10. The lowest BCUT2D eigenvalue weighted by Crippen LogP contribution is -2.13. The van der Waals surface area contributed by atoms with E-state index in [4.69, 9.17) is 11.6 Å². The lowest BCUT2D eigenvalue weighted by molar-refractivity contribution is -0.385. The molecule has 1 N–H and O–H groups in total. The second-order valence-corrected chi connectivity index (χ2v) is 6.51. The summed E-state index contributed by atoms with van der Waals surface area (Å²) in [6.45, 7) is 0. The van der Waals surface area contributed by atoms with Gasteiger partial charge in [0, 0.05) is 34.2 Å². The smallest absolute Gasteiger partial charge is 0.283 e. The zero-order chi connectivity index (χ0) is 19.6. The average molecular weight is 405 g/mol. The van der Waals surface area contributed by atoms with Crippen LogP contribution in [0.2, 0.25) is 5.02 Å². The van der Waals surface area contributed by atoms with Gasteiger partial charge in [-0.1, -0.05) is 11.6 Å². The second-order valence-electron chi connectivity index (χ2n) is 5.21. The molecule has 0 aliphatic carbocycles. The third-order valence-corrected chi connectivity index (χ3v) is 4.49. The molecule has 0 saturated carbocycles. The molecule has 1 amide bonds. The summed E-state index contributed by atoms with van der Waals surface area (Å²) in [6.07, 6.45) is 0. The van der Waals surface area contributed by atoms with Gasteiger partial charge in [-0.25, -0.2) is 4.98 Å². The molecule has 0 saturated heterocycles. The van der Waals surface area contributed by atoms with Crippen molar-refractivity contribution in [3.05, 3.63) is 78.7 Å². The molecule has 0 atom stereocenters. The third-order valence-electron chi connectivity index (χ3n) is 3.50. The molecular formula is C16H9ClN4O5S. The fourth-order valence-electron chi connectivity index (χ4n) is 2.23.